The Labute approximate surface area is 111 Å². The van der Waals surface area contributed by atoms with Crippen LogP contribution in [-0.2, 0) is 9.53 Å². The summed E-state index contributed by atoms with van der Waals surface area (Å²) < 4.78 is 5.66. The molecule has 2 saturated carbocycles. The Balaban J connectivity index is 0.000000492. The molecule has 0 saturated heterocycles. The maximum absolute atomic E-state index is 11.9. The van der Waals surface area contributed by atoms with Gasteiger partial charge in [0.2, 0.25) is 0 Å². The van der Waals surface area contributed by atoms with Crippen LogP contribution in [0.5, 0.6) is 0 Å². The van der Waals surface area contributed by atoms with Gasteiger partial charge in [0.1, 0.15) is 6.10 Å². The highest BCUT2D eigenvalue weighted by Gasteiger charge is 2.43. The van der Waals surface area contributed by atoms with Crippen LogP contribution in [0, 0.1) is 28.6 Å². The molecule has 0 aromatic heterocycles. The van der Waals surface area contributed by atoms with E-state index in [-0.39, 0.29) is 17.5 Å². The Bertz CT molecular complexity index is 330. The van der Waals surface area contributed by atoms with Gasteiger partial charge in [-0.15, -0.1) is 0 Å². The van der Waals surface area contributed by atoms with Crippen molar-refractivity contribution in [1.29, 1.82) is 5.26 Å². The molecular weight excluding hydrogens is 226 g/mol. The fraction of sp³-hybridized carbons (Fsp3) is 0.867. The van der Waals surface area contributed by atoms with E-state index in [1.54, 1.807) is 6.07 Å². The van der Waals surface area contributed by atoms with Crippen molar-refractivity contribution in [3.05, 3.63) is 0 Å². The molecule has 2 aliphatic rings. The quantitative estimate of drug-likeness (QED) is 0.719. The van der Waals surface area contributed by atoms with Gasteiger partial charge in [0.05, 0.1) is 11.5 Å². The lowest BCUT2D eigenvalue weighted by Crippen LogP contribution is -2.32. The minimum atomic E-state index is -0.304. The Morgan fingerprint density at radius 2 is 2.00 bits per heavy atom. The molecule has 0 spiro atoms. The van der Waals surface area contributed by atoms with Crippen LogP contribution in [0.3, 0.4) is 0 Å². The number of hydrogen-bond donors (Lipinski definition) is 0. The van der Waals surface area contributed by atoms with Crippen molar-refractivity contribution in [3.63, 3.8) is 0 Å². The first kappa shape index (κ1) is 15.0. The maximum atomic E-state index is 11.9. The first-order chi connectivity index (χ1) is 8.44. The van der Waals surface area contributed by atoms with Crippen LogP contribution in [0.25, 0.3) is 0 Å². The van der Waals surface area contributed by atoms with Gasteiger partial charge in [0.25, 0.3) is 0 Å². The van der Waals surface area contributed by atoms with E-state index in [1.807, 2.05) is 20.8 Å². The number of carbonyl (C=O) groups is 1. The van der Waals surface area contributed by atoms with Crippen LogP contribution >= 0.6 is 0 Å². The molecule has 3 atom stereocenters. The van der Waals surface area contributed by atoms with E-state index >= 15 is 0 Å². The molecule has 0 amide bonds. The summed E-state index contributed by atoms with van der Waals surface area (Å²) in [4.78, 5) is 11.9. The number of ether oxygens (including phenoxy) is 1. The van der Waals surface area contributed by atoms with Gasteiger partial charge in [0, 0.05) is 6.92 Å². The van der Waals surface area contributed by atoms with Crippen LogP contribution in [0.1, 0.15) is 59.8 Å². The predicted molar refractivity (Wildman–Crippen MR) is 70.7 cm³/mol. The zero-order valence-electron chi connectivity index (χ0n) is 12.0. The van der Waals surface area contributed by atoms with Gasteiger partial charge in [-0.25, -0.2) is 0 Å². The van der Waals surface area contributed by atoms with E-state index < -0.39 is 0 Å². The van der Waals surface area contributed by atoms with Crippen molar-refractivity contribution in [2.24, 2.45) is 17.3 Å². The molecule has 0 radical (unpaired) electrons. The van der Waals surface area contributed by atoms with Crippen molar-refractivity contribution in [2.45, 2.75) is 65.9 Å². The number of hydrogen-bond acceptors (Lipinski definition) is 3. The number of esters is 1. The number of rotatable bonds is 3. The van der Waals surface area contributed by atoms with Crippen LogP contribution in [0.4, 0.5) is 0 Å². The molecule has 102 valence electrons. The fourth-order valence-corrected chi connectivity index (χ4v) is 2.77. The highest BCUT2D eigenvalue weighted by molar-refractivity contribution is 5.76. The van der Waals surface area contributed by atoms with Gasteiger partial charge < -0.3 is 4.74 Å². The Hall–Kier alpha value is -1.04. The lowest BCUT2D eigenvalue weighted by molar-refractivity contribution is -0.162. The molecule has 2 bridgehead atoms. The van der Waals surface area contributed by atoms with Gasteiger partial charge >= 0.3 is 5.97 Å². The Kier molecular flexibility index (Phi) is 5.19. The molecule has 0 aromatic carbocycles. The molecule has 3 heteroatoms. The summed E-state index contributed by atoms with van der Waals surface area (Å²) in [5, 5.41) is 7.32. The summed E-state index contributed by atoms with van der Waals surface area (Å²) in [7, 11) is 0. The largest absolute Gasteiger partial charge is 0.462 e. The first-order valence-corrected chi connectivity index (χ1v) is 6.96. The second-order valence-electron chi connectivity index (χ2n) is 6.08. The standard InChI is InChI=1S/C13H22O2.C2H3N/c1-4-13(2,3)12(14)15-11-8-9-5-6-10(11)7-9;1-2-3/h9-11H,4-8H2,1-3H3;1H3. The van der Waals surface area contributed by atoms with Crippen molar-refractivity contribution in [2.75, 3.05) is 0 Å². The smallest absolute Gasteiger partial charge is 0.311 e. The van der Waals surface area contributed by atoms with Crippen molar-refractivity contribution < 1.29 is 9.53 Å². The van der Waals surface area contributed by atoms with Crippen LogP contribution in [0.2, 0.25) is 0 Å². The number of fused-ring (bicyclic) bond motifs is 2. The number of carbonyl (C=O) groups excluding carboxylic acids is 1. The zero-order chi connectivity index (χ0) is 13.8. The fourth-order valence-electron chi connectivity index (χ4n) is 2.77. The van der Waals surface area contributed by atoms with E-state index in [9.17, 15) is 4.79 Å². The summed E-state index contributed by atoms with van der Waals surface area (Å²) in [6.45, 7) is 7.42. The average Bonchev–Trinajstić information content (AvgIpc) is 2.92. The summed E-state index contributed by atoms with van der Waals surface area (Å²) in [6, 6.07) is 1.75. The lowest BCUT2D eigenvalue weighted by atomic mass is 9.90. The van der Waals surface area contributed by atoms with Gasteiger partial charge in [-0.05, 0) is 57.8 Å². The van der Waals surface area contributed by atoms with Crippen molar-refractivity contribution in [3.8, 4) is 6.07 Å². The van der Waals surface area contributed by atoms with E-state index in [1.165, 1.54) is 26.2 Å². The third kappa shape index (κ3) is 3.48. The minimum absolute atomic E-state index is 0.00236. The topological polar surface area (TPSA) is 50.1 Å². The summed E-state index contributed by atoms with van der Waals surface area (Å²) in [6.07, 6.45) is 6.14. The van der Waals surface area contributed by atoms with Gasteiger partial charge in [-0.1, -0.05) is 6.92 Å². The molecule has 2 rings (SSSR count). The summed E-state index contributed by atoms with van der Waals surface area (Å²) >= 11 is 0. The molecule has 2 fully saturated rings. The average molecular weight is 251 g/mol. The monoisotopic (exact) mass is 251 g/mol. The number of nitrogens with zero attached hydrogens (tertiary/aromatic N) is 1. The molecule has 3 unspecified atom stereocenters. The van der Waals surface area contributed by atoms with Gasteiger partial charge in [-0.2, -0.15) is 5.26 Å². The van der Waals surface area contributed by atoms with E-state index in [4.69, 9.17) is 10.00 Å². The van der Waals surface area contributed by atoms with E-state index in [2.05, 4.69) is 0 Å². The van der Waals surface area contributed by atoms with Gasteiger partial charge in [-0.3, -0.25) is 4.79 Å². The molecule has 3 nitrogen and oxygen atoms in total. The second-order valence-corrected chi connectivity index (χ2v) is 6.08. The highest BCUT2D eigenvalue weighted by atomic mass is 16.5. The number of nitriles is 1. The third-order valence-electron chi connectivity index (χ3n) is 4.37. The molecule has 18 heavy (non-hydrogen) atoms. The van der Waals surface area contributed by atoms with E-state index in [0.29, 0.717) is 5.92 Å². The van der Waals surface area contributed by atoms with Gasteiger partial charge in [0.15, 0.2) is 0 Å². The van der Waals surface area contributed by atoms with Crippen LogP contribution in [0.15, 0.2) is 0 Å². The van der Waals surface area contributed by atoms with Crippen molar-refractivity contribution in [1.82, 2.24) is 0 Å². The molecule has 2 aliphatic carbocycles. The molecule has 0 aromatic rings. The molecule has 0 N–H and O–H groups in total. The minimum Gasteiger partial charge on any atom is -0.462 e. The molecule has 0 heterocycles. The second kappa shape index (κ2) is 6.22. The Morgan fingerprint density at radius 1 is 1.39 bits per heavy atom. The predicted octanol–water partition coefficient (Wildman–Crippen LogP) is 3.68. The zero-order valence-corrected chi connectivity index (χ0v) is 12.0. The normalized spacial score (nSPS) is 29.2. The SMILES string of the molecule is CC#N.CCC(C)(C)C(=O)OC1CC2CCC1C2. The van der Waals surface area contributed by atoms with Crippen LogP contribution in [-0.4, -0.2) is 12.1 Å². The highest BCUT2D eigenvalue weighted by Crippen LogP contribution is 2.46. The molecule has 0 aliphatic heterocycles. The third-order valence-corrected chi connectivity index (χ3v) is 4.37. The Morgan fingerprint density at radius 3 is 2.39 bits per heavy atom. The van der Waals surface area contributed by atoms with E-state index in [0.717, 1.165) is 18.8 Å². The summed E-state index contributed by atoms with van der Waals surface area (Å²) in [5.74, 6) is 1.52. The molecular formula is C15H25NO2. The maximum Gasteiger partial charge on any atom is 0.311 e. The lowest BCUT2D eigenvalue weighted by Gasteiger charge is -2.27. The summed E-state index contributed by atoms with van der Waals surface area (Å²) in [5.41, 5.74) is -0.304. The first-order valence-electron chi connectivity index (χ1n) is 6.96. The van der Waals surface area contributed by atoms with Crippen LogP contribution < -0.4 is 0 Å². The van der Waals surface area contributed by atoms with Crippen molar-refractivity contribution >= 4 is 5.97 Å².